The first-order chi connectivity index (χ1) is 20.0. The van der Waals surface area contributed by atoms with Gasteiger partial charge < -0.3 is 24.6 Å². The van der Waals surface area contributed by atoms with Gasteiger partial charge in [0, 0.05) is 31.7 Å². The molecule has 2 aliphatic rings. The zero-order valence-corrected chi connectivity index (χ0v) is 22.7. The summed E-state index contributed by atoms with van der Waals surface area (Å²) in [5, 5.41) is 11.8. The summed E-state index contributed by atoms with van der Waals surface area (Å²) in [5.74, 6) is -4.78. The number of carboxylic acid groups (broad SMARTS) is 1. The highest BCUT2D eigenvalue weighted by Crippen LogP contribution is 2.36. The van der Waals surface area contributed by atoms with Crippen LogP contribution in [0.15, 0.2) is 47.1 Å². The van der Waals surface area contributed by atoms with Crippen LogP contribution in [0, 0.1) is 11.8 Å². The summed E-state index contributed by atoms with van der Waals surface area (Å²) >= 11 is 0. The van der Waals surface area contributed by atoms with Gasteiger partial charge in [0.05, 0.1) is 29.9 Å². The van der Waals surface area contributed by atoms with E-state index in [1.807, 2.05) is 4.90 Å². The third-order valence-electron chi connectivity index (χ3n) is 7.81. The van der Waals surface area contributed by atoms with Gasteiger partial charge in [0.1, 0.15) is 0 Å². The largest absolute Gasteiger partial charge is 0.481 e. The number of nitrogens with zero attached hydrogens (tertiary/aromatic N) is 5. The van der Waals surface area contributed by atoms with E-state index in [0.29, 0.717) is 44.7 Å². The number of halogens is 3. The lowest BCUT2D eigenvalue weighted by atomic mass is 9.93. The molecule has 1 saturated heterocycles. The molecule has 1 aliphatic heterocycles. The summed E-state index contributed by atoms with van der Waals surface area (Å²) in [5.41, 5.74) is -0.540. The summed E-state index contributed by atoms with van der Waals surface area (Å²) in [6, 6.07) is 7.89. The predicted molar refractivity (Wildman–Crippen MR) is 143 cm³/mol. The summed E-state index contributed by atoms with van der Waals surface area (Å²) in [7, 11) is 1.72. The molecule has 2 amide bonds. The van der Waals surface area contributed by atoms with Crippen LogP contribution in [0.3, 0.4) is 0 Å². The number of nitrogens with one attached hydrogen (secondary N) is 1. The molecule has 0 bridgehead atoms. The summed E-state index contributed by atoms with van der Waals surface area (Å²) in [6.45, 7) is 1.08. The lowest BCUT2D eigenvalue weighted by Crippen LogP contribution is -2.48. The molecule has 11 nitrogen and oxygen atoms in total. The molecule has 2 atom stereocenters. The zero-order valence-electron chi connectivity index (χ0n) is 22.7. The van der Waals surface area contributed by atoms with Crippen molar-refractivity contribution in [2.24, 2.45) is 11.8 Å². The van der Waals surface area contributed by atoms with E-state index < -0.39 is 41.3 Å². The van der Waals surface area contributed by atoms with E-state index in [4.69, 9.17) is 4.42 Å². The van der Waals surface area contributed by atoms with Gasteiger partial charge in [0.15, 0.2) is 5.69 Å². The highest BCUT2D eigenvalue weighted by Gasteiger charge is 2.42. The Labute approximate surface area is 238 Å². The summed E-state index contributed by atoms with van der Waals surface area (Å²) in [4.78, 5) is 53.2. The summed E-state index contributed by atoms with van der Waals surface area (Å²) in [6.07, 6.45) is 0.729. The third-order valence-corrected chi connectivity index (χ3v) is 7.81. The quantitative estimate of drug-likeness (QED) is 0.414. The van der Waals surface area contributed by atoms with Crippen LogP contribution in [0.2, 0.25) is 0 Å². The average molecular weight is 587 g/mol. The fourth-order valence-corrected chi connectivity index (χ4v) is 5.56. The number of piperidine rings is 1. The van der Waals surface area contributed by atoms with Crippen LogP contribution in [0.1, 0.15) is 48.4 Å². The minimum atomic E-state index is -4.94. The van der Waals surface area contributed by atoms with Crippen LogP contribution in [0.5, 0.6) is 0 Å². The fraction of sp³-hybridized carbons (Fsp3) is 0.429. The molecule has 14 heteroatoms. The van der Waals surface area contributed by atoms with E-state index in [1.54, 1.807) is 30.1 Å². The maximum Gasteiger partial charge on any atom is 0.452 e. The number of anilines is 2. The van der Waals surface area contributed by atoms with Gasteiger partial charge >= 0.3 is 12.1 Å². The molecule has 5 rings (SSSR count). The molecule has 2 N–H and O–H groups in total. The molecule has 0 unspecified atom stereocenters. The Morgan fingerprint density at radius 2 is 1.67 bits per heavy atom. The Morgan fingerprint density at radius 1 is 1.02 bits per heavy atom. The highest BCUT2D eigenvalue weighted by atomic mass is 19.4. The Bertz CT molecular complexity index is 1440. The molecule has 222 valence electrons. The number of carbonyl (C=O) groups excluding carboxylic acids is 2. The lowest BCUT2D eigenvalue weighted by molar-refractivity contribution is -0.153. The number of hydrogen-bond donors (Lipinski definition) is 2. The number of rotatable bonds is 7. The second-order valence-corrected chi connectivity index (χ2v) is 10.4. The highest BCUT2D eigenvalue weighted by molar-refractivity contribution is 6.03. The average Bonchev–Trinajstić information content (AvgIpc) is 3.66. The Hall–Kier alpha value is -4.49. The molecular formula is C28H29F3N6O5. The van der Waals surface area contributed by atoms with Crippen LogP contribution in [0.4, 0.5) is 24.8 Å². The van der Waals surface area contributed by atoms with Gasteiger partial charge in [-0.3, -0.25) is 14.4 Å². The summed E-state index contributed by atoms with van der Waals surface area (Å²) < 4.78 is 45.7. The van der Waals surface area contributed by atoms with Crippen LogP contribution in [-0.2, 0) is 15.8 Å². The number of aromatic nitrogens is 3. The second kappa shape index (κ2) is 11.8. The van der Waals surface area contributed by atoms with Crippen molar-refractivity contribution in [2.45, 2.75) is 44.3 Å². The molecule has 2 fully saturated rings. The first-order valence-corrected chi connectivity index (χ1v) is 13.5. The third kappa shape index (κ3) is 6.06. The van der Waals surface area contributed by atoms with Crippen LogP contribution < -0.4 is 10.2 Å². The maximum absolute atomic E-state index is 13.6. The number of aliphatic carboxylic acids is 1. The zero-order chi connectivity index (χ0) is 30.0. The van der Waals surface area contributed by atoms with Gasteiger partial charge in [-0.05, 0) is 37.8 Å². The first-order valence-electron chi connectivity index (χ1n) is 13.5. The van der Waals surface area contributed by atoms with Gasteiger partial charge in [-0.1, -0.05) is 24.6 Å². The van der Waals surface area contributed by atoms with Crippen molar-refractivity contribution < 1.29 is 37.1 Å². The van der Waals surface area contributed by atoms with Crippen molar-refractivity contribution in [1.82, 2.24) is 19.9 Å². The van der Waals surface area contributed by atoms with Crippen molar-refractivity contribution in [3.63, 3.8) is 0 Å². The SMILES string of the molecule is CN(C(=O)[C@@H]1CCC[C@H]1C(=O)O)C1CCN(c2ncc(NC(=O)c3nc(-c4ccccc4)oc3C(F)(F)F)cn2)CC1. The van der Waals surface area contributed by atoms with Gasteiger partial charge in [0.25, 0.3) is 5.91 Å². The van der Waals surface area contributed by atoms with Crippen molar-refractivity contribution >= 4 is 29.4 Å². The monoisotopic (exact) mass is 586 g/mol. The van der Waals surface area contributed by atoms with Crippen molar-refractivity contribution in [1.29, 1.82) is 0 Å². The lowest BCUT2D eigenvalue weighted by Gasteiger charge is -2.38. The molecule has 1 aromatic carbocycles. The van der Waals surface area contributed by atoms with E-state index in [2.05, 4.69) is 20.3 Å². The smallest absolute Gasteiger partial charge is 0.452 e. The molecule has 3 aromatic rings. The first kappa shape index (κ1) is 29.0. The van der Waals surface area contributed by atoms with Gasteiger partial charge in [-0.2, -0.15) is 13.2 Å². The standard InChI is InChI=1S/C28H29F3N6O5/c1-36(25(39)19-8-5-9-20(19)26(40)41)18-10-12-37(13-11-18)27-32-14-17(15-33-27)34-23(38)21-22(28(29,30)31)42-24(35-21)16-6-3-2-4-7-16/h2-4,6-7,14-15,18-20H,5,8-13H2,1H3,(H,34,38)(H,40,41)/t19-,20-/m1/s1. The Kier molecular flexibility index (Phi) is 8.14. The van der Waals surface area contributed by atoms with Crippen LogP contribution in [0.25, 0.3) is 11.5 Å². The molecular weight excluding hydrogens is 557 g/mol. The molecule has 0 radical (unpaired) electrons. The second-order valence-electron chi connectivity index (χ2n) is 10.4. The minimum Gasteiger partial charge on any atom is -0.481 e. The number of alkyl halides is 3. The number of oxazole rings is 1. The number of amides is 2. The van der Waals surface area contributed by atoms with E-state index in [9.17, 15) is 32.7 Å². The number of carbonyl (C=O) groups is 3. The van der Waals surface area contributed by atoms with Crippen molar-refractivity contribution in [3.8, 4) is 11.5 Å². The van der Waals surface area contributed by atoms with Crippen LogP contribution in [-0.4, -0.2) is 68.9 Å². The fourth-order valence-electron chi connectivity index (χ4n) is 5.56. The minimum absolute atomic E-state index is 0.0478. The van der Waals surface area contributed by atoms with Crippen molar-refractivity contribution in [3.05, 3.63) is 54.2 Å². The van der Waals surface area contributed by atoms with Gasteiger partial charge in [-0.15, -0.1) is 0 Å². The molecule has 42 heavy (non-hydrogen) atoms. The number of carboxylic acids is 1. The van der Waals surface area contributed by atoms with E-state index in [-0.39, 0.29) is 29.1 Å². The topological polar surface area (TPSA) is 142 Å². The number of hydrogen-bond acceptors (Lipinski definition) is 8. The molecule has 1 aliphatic carbocycles. The van der Waals surface area contributed by atoms with Crippen LogP contribution >= 0.6 is 0 Å². The maximum atomic E-state index is 13.6. The van der Waals surface area contributed by atoms with Gasteiger partial charge in [0.2, 0.25) is 23.5 Å². The van der Waals surface area contributed by atoms with E-state index in [0.717, 1.165) is 6.42 Å². The normalized spacial score (nSPS) is 19.5. The van der Waals surface area contributed by atoms with Gasteiger partial charge in [-0.25, -0.2) is 15.0 Å². The predicted octanol–water partition coefficient (Wildman–Crippen LogP) is 4.33. The molecule has 1 saturated carbocycles. The van der Waals surface area contributed by atoms with Crippen molar-refractivity contribution in [2.75, 3.05) is 30.4 Å². The molecule has 0 spiro atoms. The van der Waals surface area contributed by atoms with E-state index >= 15 is 0 Å². The Balaban J connectivity index is 1.20. The van der Waals surface area contributed by atoms with E-state index in [1.165, 1.54) is 24.5 Å². The molecule has 2 aromatic heterocycles. The Morgan fingerprint density at radius 3 is 2.29 bits per heavy atom. The molecule has 3 heterocycles. The number of benzene rings is 1.